The van der Waals surface area contributed by atoms with Crippen LogP contribution in [0.2, 0.25) is 5.02 Å². The molecule has 1 atom stereocenters. The van der Waals surface area contributed by atoms with Gasteiger partial charge in [0, 0.05) is 17.0 Å². The Morgan fingerprint density at radius 2 is 1.80 bits per heavy atom. The van der Waals surface area contributed by atoms with Crippen molar-refractivity contribution in [2.24, 2.45) is 0 Å². The molecule has 4 rings (SSSR count). The van der Waals surface area contributed by atoms with Gasteiger partial charge in [0.05, 0.1) is 21.6 Å². The van der Waals surface area contributed by atoms with Gasteiger partial charge in [0.2, 0.25) is 0 Å². The first-order valence-electron chi connectivity index (χ1n) is 9.82. The molecule has 0 bridgehead atoms. The normalized spacial score (nSPS) is 15.1. The van der Waals surface area contributed by atoms with Crippen molar-refractivity contribution in [2.75, 3.05) is 25.0 Å². The van der Waals surface area contributed by atoms with Crippen LogP contribution in [0.3, 0.4) is 0 Å². The topological polar surface area (TPSA) is 61.4 Å². The van der Waals surface area contributed by atoms with Crippen LogP contribution in [0.15, 0.2) is 53.2 Å². The van der Waals surface area contributed by atoms with Crippen molar-refractivity contribution >= 4 is 51.8 Å². The van der Waals surface area contributed by atoms with E-state index in [1.165, 1.54) is 29.1 Å². The van der Waals surface area contributed by atoms with Crippen LogP contribution in [-0.2, 0) is 0 Å². The van der Waals surface area contributed by atoms with Crippen molar-refractivity contribution in [3.8, 4) is 0 Å². The van der Waals surface area contributed by atoms with Gasteiger partial charge in [-0.2, -0.15) is 0 Å². The number of thiophene rings is 2. The van der Waals surface area contributed by atoms with E-state index in [0.29, 0.717) is 27.7 Å². The summed E-state index contributed by atoms with van der Waals surface area (Å²) in [5, 5.41) is 10.2. The van der Waals surface area contributed by atoms with E-state index in [1.54, 1.807) is 35.6 Å². The largest absolute Gasteiger partial charge is 0.350 e. The molecule has 156 valence electrons. The van der Waals surface area contributed by atoms with Crippen LogP contribution in [-0.4, -0.2) is 36.3 Å². The number of hydrogen-bond donors (Lipinski definition) is 2. The Balaban J connectivity index is 1.44. The summed E-state index contributed by atoms with van der Waals surface area (Å²) in [6, 6.07) is 12.9. The van der Waals surface area contributed by atoms with E-state index in [2.05, 4.69) is 27.0 Å². The highest BCUT2D eigenvalue weighted by molar-refractivity contribution is 7.12. The fourth-order valence-corrected chi connectivity index (χ4v) is 5.23. The highest BCUT2D eigenvalue weighted by Gasteiger charge is 2.25. The zero-order valence-electron chi connectivity index (χ0n) is 16.3. The highest BCUT2D eigenvalue weighted by Crippen LogP contribution is 2.28. The van der Waals surface area contributed by atoms with Gasteiger partial charge in [-0.05, 0) is 67.0 Å². The Labute approximate surface area is 188 Å². The first kappa shape index (κ1) is 21.1. The molecule has 1 fully saturated rings. The summed E-state index contributed by atoms with van der Waals surface area (Å²) in [5.41, 5.74) is 0.893. The molecular weight excluding hydrogens is 438 g/mol. The summed E-state index contributed by atoms with van der Waals surface area (Å²) in [5.74, 6) is -0.421. The molecule has 8 heteroatoms. The van der Waals surface area contributed by atoms with Gasteiger partial charge in [-0.15, -0.1) is 22.7 Å². The van der Waals surface area contributed by atoms with Gasteiger partial charge in [-0.1, -0.05) is 23.7 Å². The second-order valence-electron chi connectivity index (χ2n) is 7.11. The molecule has 5 nitrogen and oxygen atoms in total. The molecule has 0 aliphatic carbocycles. The number of likely N-dealkylation sites (tertiary alicyclic amines) is 1. The Hall–Kier alpha value is -2.19. The van der Waals surface area contributed by atoms with Gasteiger partial charge in [0.25, 0.3) is 11.8 Å². The molecule has 1 aliphatic heterocycles. The van der Waals surface area contributed by atoms with Crippen molar-refractivity contribution in [3.63, 3.8) is 0 Å². The zero-order valence-corrected chi connectivity index (χ0v) is 18.7. The summed E-state index contributed by atoms with van der Waals surface area (Å²) in [6.07, 6.45) is 2.39. The third-order valence-corrected chi connectivity index (χ3v) is 7.30. The average Bonchev–Trinajstić information content (AvgIpc) is 3.52. The number of hydrogen-bond acceptors (Lipinski definition) is 5. The molecule has 2 N–H and O–H groups in total. The van der Waals surface area contributed by atoms with Crippen LogP contribution < -0.4 is 10.6 Å². The second-order valence-corrected chi connectivity index (χ2v) is 9.44. The molecule has 2 aromatic heterocycles. The van der Waals surface area contributed by atoms with Gasteiger partial charge in [0.1, 0.15) is 0 Å². The third-order valence-electron chi connectivity index (χ3n) is 5.13. The van der Waals surface area contributed by atoms with Crippen LogP contribution in [0.5, 0.6) is 0 Å². The average molecular weight is 460 g/mol. The first-order chi connectivity index (χ1) is 14.6. The SMILES string of the molecule is O=C(NCC(c1cccs1)N1CCCC1)c1ccc(Cl)c(NC(=O)c2cccs2)c1. The van der Waals surface area contributed by atoms with E-state index >= 15 is 0 Å². The van der Waals surface area contributed by atoms with Crippen molar-refractivity contribution < 1.29 is 9.59 Å². The van der Waals surface area contributed by atoms with Gasteiger partial charge in [0.15, 0.2) is 0 Å². The minimum Gasteiger partial charge on any atom is -0.350 e. The van der Waals surface area contributed by atoms with E-state index < -0.39 is 0 Å². The lowest BCUT2D eigenvalue weighted by molar-refractivity contribution is 0.0937. The Morgan fingerprint density at radius 3 is 2.50 bits per heavy atom. The van der Waals surface area contributed by atoms with Crippen LogP contribution in [0.1, 0.15) is 43.8 Å². The highest BCUT2D eigenvalue weighted by atomic mass is 35.5. The third kappa shape index (κ3) is 4.92. The molecular formula is C22H22ClN3O2S2. The second kappa shape index (κ2) is 9.75. The van der Waals surface area contributed by atoms with Crippen molar-refractivity contribution in [1.29, 1.82) is 0 Å². The summed E-state index contributed by atoms with van der Waals surface area (Å²) < 4.78 is 0. The van der Waals surface area contributed by atoms with Crippen molar-refractivity contribution in [1.82, 2.24) is 10.2 Å². The van der Waals surface area contributed by atoms with E-state index in [9.17, 15) is 9.59 Å². The Kier molecular flexibility index (Phi) is 6.84. The summed E-state index contributed by atoms with van der Waals surface area (Å²) >= 11 is 9.31. The van der Waals surface area contributed by atoms with E-state index in [0.717, 1.165) is 13.1 Å². The van der Waals surface area contributed by atoms with Crippen molar-refractivity contribution in [2.45, 2.75) is 18.9 Å². The number of nitrogens with one attached hydrogen (secondary N) is 2. The van der Waals surface area contributed by atoms with E-state index in [4.69, 9.17) is 11.6 Å². The zero-order chi connectivity index (χ0) is 20.9. The van der Waals surface area contributed by atoms with Crippen LogP contribution in [0.4, 0.5) is 5.69 Å². The molecule has 0 spiro atoms. The summed E-state index contributed by atoms with van der Waals surface area (Å²) in [6.45, 7) is 2.65. The Bertz CT molecular complexity index is 1000. The minimum atomic E-state index is -0.240. The fourth-order valence-electron chi connectivity index (χ4n) is 3.59. The van der Waals surface area contributed by atoms with Crippen LogP contribution >= 0.6 is 34.3 Å². The lowest BCUT2D eigenvalue weighted by Gasteiger charge is -2.27. The molecule has 1 unspecified atom stereocenters. The number of carbonyl (C=O) groups is 2. The standard InChI is InChI=1S/C22H22ClN3O2S2/c23-16-8-7-15(13-17(16)25-22(28)20-6-4-12-30-20)21(27)24-14-18(19-5-3-11-29-19)26-9-1-2-10-26/h3-8,11-13,18H,1-2,9-10,14H2,(H,24,27)(H,25,28). The number of halogens is 1. The number of amides is 2. The van der Waals surface area contributed by atoms with Crippen LogP contribution in [0.25, 0.3) is 0 Å². The maximum Gasteiger partial charge on any atom is 0.265 e. The smallest absolute Gasteiger partial charge is 0.265 e. The molecule has 30 heavy (non-hydrogen) atoms. The monoisotopic (exact) mass is 459 g/mol. The first-order valence-corrected chi connectivity index (χ1v) is 12.0. The fraction of sp³-hybridized carbons (Fsp3) is 0.273. The Morgan fingerprint density at radius 1 is 1.03 bits per heavy atom. The molecule has 3 heterocycles. The lowest BCUT2D eigenvalue weighted by Crippen LogP contribution is -2.36. The lowest BCUT2D eigenvalue weighted by atomic mass is 10.1. The van der Waals surface area contributed by atoms with Gasteiger partial charge >= 0.3 is 0 Å². The number of benzene rings is 1. The number of rotatable bonds is 7. The predicted molar refractivity (Wildman–Crippen MR) is 124 cm³/mol. The van der Waals surface area contributed by atoms with E-state index in [1.807, 2.05) is 17.5 Å². The molecule has 0 radical (unpaired) electrons. The maximum absolute atomic E-state index is 12.8. The molecule has 1 saturated heterocycles. The van der Waals surface area contributed by atoms with Gasteiger partial charge in [-0.25, -0.2) is 0 Å². The molecule has 2 amide bonds. The van der Waals surface area contributed by atoms with E-state index in [-0.39, 0.29) is 17.9 Å². The number of anilines is 1. The maximum atomic E-state index is 12.8. The summed E-state index contributed by atoms with van der Waals surface area (Å²) in [7, 11) is 0. The summed E-state index contributed by atoms with van der Waals surface area (Å²) in [4.78, 5) is 29.5. The molecule has 1 aromatic carbocycles. The minimum absolute atomic E-state index is 0.181. The van der Waals surface area contributed by atoms with Gasteiger partial charge in [-0.3, -0.25) is 14.5 Å². The molecule has 1 aliphatic rings. The number of carbonyl (C=O) groups excluding carboxylic acids is 2. The predicted octanol–water partition coefficient (Wildman–Crippen LogP) is 5.28. The van der Waals surface area contributed by atoms with Crippen LogP contribution in [0, 0.1) is 0 Å². The quantitative estimate of drug-likeness (QED) is 0.505. The van der Waals surface area contributed by atoms with Gasteiger partial charge < -0.3 is 10.6 Å². The van der Waals surface area contributed by atoms with Crippen molar-refractivity contribution in [3.05, 3.63) is 73.6 Å². The molecule has 3 aromatic rings. The molecule has 0 saturated carbocycles. The number of nitrogens with zero attached hydrogens (tertiary/aromatic N) is 1.